The third kappa shape index (κ3) is 3.73. The van der Waals surface area contributed by atoms with Gasteiger partial charge in [0.25, 0.3) is 5.91 Å². The number of rotatable bonds is 4. The molecule has 2 aromatic carbocycles. The van der Waals surface area contributed by atoms with E-state index in [1.54, 1.807) is 23.1 Å². The lowest BCUT2D eigenvalue weighted by atomic mass is 9.99. The Hall–Kier alpha value is -2.86. The Bertz CT molecular complexity index is 1070. The summed E-state index contributed by atoms with van der Waals surface area (Å²) in [4.78, 5) is 29.8. The first-order chi connectivity index (χ1) is 13.6. The Balaban J connectivity index is 1.37. The van der Waals surface area contributed by atoms with Gasteiger partial charge in [-0.1, -0.05) is 36.4 Å². The minimum atomic E-state index is -0.257. The highest BCUT2D eigenvalue weighted by atomic mass is 79.9. The summed E-state index contributed by atoms with van der Waals surface area (Å²) in [6.45, 7) is 1.20. The van der Waals surface area contributed by atoms with Gasteiger partial charge in [-0.15, -0.1) is 0 Å². The molecule has 0 aliphatic carbocycles. The lowest BCUT2D eigenvalue weighted by molar-refractivity contribution is -0.129. The van der Waals surface area contributed by atoms with E-state index in [2.05, 4.69) is 44.4 Å². The molecule has 0 unspecified atom stereocenters. The second-order valence-corrected chi connectivity index (χ2v) is 7.58. The number of nitrogens with one attached hydrogen (secondary N) is 2. The van der Waals surface area contributed by atoms with E-state index in [0.29, 0.717) is 23.1 Å². The monoisotopic (exact) mass is 437 g/mol. The number of amides is 2. The number of halogens is 1. The third-order valence-electron chi connectivity index (χ3n) is 5.02. The number of carbonyl (C=O) groups excluding carboxylic acids is 2. The van der Waals surface area contributed by atoms with E-state index in [0.717, 1.165) is 11.9 Å². The zero-order chi connectivity index (χ0) is 19.5. The van der Waals surface area contributed by atoms with Crippen LogP contribution in [0.25, 0.3) is 16.5 Å². The molecule has 5 nitrogen and oxygen atoms in total. The lowest BCUT2D eigenvalue weighted by Gasteiger charge is -2.26. The van der Waals surface area contributed by atoms with Gasteiger partial charge in [0.15, 0.2) is 0 Å². The van der Waals surface area contributed by atoms with Gasteiger partial charge in [0.05, 0.1) is 12.1 Å². The molecule has 0 spiro atoms. The zero-order valence-electron chi connectivity index (χ0n) is 15.2. The number of aromatic amines is 1. The van der Waals surface area contributed by atoms with Crippen LogP contribution in [0.5, 0.6) is 0 Å². The van der Waals surface area contributed by atoms with E-state index in [4.69, 9.17) is 0 Å². The van der Waals surface area contributed by atoms with Gasteiger partial charge in [0, 0.05) is 40.2 Å². The van der Waals surface area contributed by atoms with Crippen LogP contribution in [0.3, 0.4) is 0 Å². The van der Waals surface area contributed by atoms with Gasteiger partial charge in [0.2, 0.25) is 5.91 Å². The van der Waals surface area contributed by atoms with Crippen molar-refractivity contribution in [2.45, 2.75) is 6.42 Å². The van der Waals surface area contributed by atoms with E-state index < -0.39 is 0 Å². The maximum Gasteiger partial charge on any atom is 0.252 e. The quantitative estimate of drug-likeness (QED) is 0.648. The molecule has 0 fully saturated rings. The highest BCUT2D eigenvalue weighted by Gasteiger charge is 2.20. The smallest absolute Gasteiger partial charge is 0.252 e. The third-order valence-corrected chi connectivity index (χ3v) is 5.71. The molecule has 0 atom stereocenters. The SMILES string of the molecule is O=C(NCC(=O)N1CC=C(c2c[nH]c3ccccc23)CC1)c1ccccc1Br. The number of hydrogen-bond donors (Lipinski definition) is 2. The van der Waals surface area contributed by atoms with Crippen LogP contribution in [-0.2, 0) is 4.79 Å². The highest BCUT2D eigenvalue weighted by molar-refractivity contribution is 9.10. The molecular formula is C22H20BrN3O2. The first-order valence-electron chi connectivity index (χ1n) is 9.19. The van der Waals surface area contributed by atoms with Crippen LogP contribution < -0.4 is 5.32 Å². The molecule has 6 heteroatoms. The predicted octanol–water partition coefficient (Wildman–Crippen LogP) is 3.98. The van der Waals surface area contributed by atoms with E-state index in [9.17, 15) is 9.59 Å². The molecule has 2 amide bonds. The first kappa shape index (κ1) is 18.5. The van der Waals surface area contributed by atoms with Gasteiger partial charge >= 0.3 is 0 Å². The van der Waals surface area contributed by atoms with Gasteiger partial charge < -0.3 is 15.2 Å². The van der Waals surface area contributed by atoms with Crippen LogP contribution in [0.15, 0.2) is 65.3 Å². The van der Waals surface area contributed by atoms with Gasteiger partial charge in [-0.25, -0.2) is 0 Å². The molecule has 1 aliphatic rings. The van der Waals surface area contributed by atoms with Crippen molar-refractivity contribution in [2.75, 3.05) is 19.6 Å². The Labute approximate surface area is 171 Å². The van der Waals surface area contributed by atoms with Crippen molar-refractivity contribution in [3.63, 3.8) is 0 Å². The summed E-state index contributed by atoms with van der Waals surface area (Å²) in [5, 5.41) is 3.92. The standard InChI is InChI=1S/C22H20BrN3O2/c23-19-7-3-1-6-17(19)22(28)25-14-21(27)26-11-9-15(10-12-26)18-13-24-20-8-4-2-5-16(18)20/h1-9,13,24H,10-12,14H2,(H,25,28). The van der Waals surface area contributed by atoms with Crippen molar-refractivity contribution in [3.05, 3.63) is 76.4 Å². The highest BCUT2D eigenvalue weighted by Crippen LogP contribution is 2.29. The number of hydrogen-bond acceptors (Lipinski definition) is 2. The maximum absolute atomic E-state index is 12.5. The van der Waals surface area contributed by atoms with Crippen LogP contribution in [0.2, 0.25) is 0 Å². The number of nitrogens with zero attached hydrogens (tertiary/aromatic N) is 1. The summed E-state index contributed by atoms with van der Waals surface area (Å²) in [5.41, 5.74) is 4.09. The zero-order valence-corrected chi connectivity index (χ0v) is 16.8. The summed E-state index contributed by atoms with van der Waals surface area (Å²) < 4.78 is 0.712. The molecule has 4 rings (SSSR count). The van der Waals surface area contributed by atoms with Crippen molar-refractivity contribution in [2.24, 2.45) is 0 Å². The van der Waals surface area contributed by atoms with Gasteiger partial charge in [-0.05, 0) is 46.1 Å². The fraction of sp³-hybridized carbons (Fsp3) is 0.182. The second-order valence-electron chi connectivity index (χ2n) is 6.73. The van der Waals surface area contributed by atoms with E-state index in [-0.39, 0.29) is 18.4 Å². The maximum atomic E-state index is 12.5. The predicted molar refractivity (Wildman–Crippen MR) is 114 cm³/mol. The number of para-hydroxylation sites is 1. The minimum Gasteiger partial charge on any atom is -0.361 e. The number of benzene rings is 2. The lowest BCUT2D eigenvalue weighted by Crippen LogP contribution is -2.42. The fourth-order valence-corrected chi connectivity index (χ4v) is 3.95. The first-order valence-corrected chi connectivity index (χ1v) is 9.99. The van der Waals surface area contributed by atoms with Crippen molar-refractivity contribution in [3.8, 4) is 0 Å². The van der Waals surface area contributed by atoms with Crippen molar-refractivity contribution < 1.29 is 9.59 Å². The van der Waals surface area contributed by atoms with E-state index >= 15 is 0 Å². The summed E-state index contributed by atoms with van der Waals surface area (Å²) in [6.07, 6.45) is 4.93. The largest absolute Gasteiger partial charge is 0.361 e. The van der Waals surface area contributed by atoms with Crippen molar-refractivity contribution >= 4 is 44.2 Å². The number of H-pyrrole nitrogens is 1. The number of fused-ring (bicyclic) bond motifs is 1. The molecule has 1 aromatic heterocycles. The summed E-state index contributed by atoms with van der Waals surface area (Å²) >= 11 is 3.36. The molecule has 0 bridgehead atoms. The average molecular weight is 438 g/mol. The number of aromatic nitrogens is 1. The minimum absolute atomic E-state index is 0.00355. The normalized spacial score (nSPS) is 14.0. The molecule has 1 aliphatic heterocycles. The molecule has 0 saturated heterocycles. The topological polar surface area (TPSA) is 65.2 Å². The van der Waals surface area contributed by atoms with Crippen LogP contribution >= 0.6 is 15.9 Å². The molecule has 2 N–H and O–H groups in total. The summed E-state index contributed by atoms with van der Waals surface area (Å²) in [7, 11) is 0. The molecule has 0 radical (unpaired) electrons. The molecular weight excluding hydrogens is 418 g/mol. The Kier molecular flexibility index (Phi) is 5.30. The molecule has 142 valence electrons. The van der Waals surface area contributed by atoms with Crippen molar-refractivity contribution in [1.29, 1.82) is 0 Å². The van der Waals surface area contributed by atoms with Crippen LogP contribution in [0.4, 0.5) is 0 Å². The Morgan fingerprint density at radius 1 is 1.11 bits per heavy atom. The van der Waals surface area contributed by atoms with Crippen LogP contribution in [0.1, 0.15) is 22.3 Å². The second kappa shape index (κ2) is 8.02. The molecule has 3 aromatic rings. The Morgan fingerprint density at radius 2 is 1.89 bits per heavy atom. The van der Waals surface area contributed by atoms with Gasteiger partial charge in [-0.3, -0.25) is 9.59 Å². The summed E-state index contributed by atoms with van der Waals surface area (Å²) in [5.74, 6) is -0.331. The van der Waals surface area contributed by atoms with E-state index in [1.807, 2.05) is 24.4 Å². The Morgan fingerprint density at radius 3 is 2.68 bits per heavy atom. The van der Waals surface area contributed by atoms with Crippen molar-refractivity contribution in [1.82, 2.24) is 15.2 Å². The molecule has 28 heavy (non-hydrogen) atoms. The van der Waals surface area contributed by atoms with Crippen LogP contribution in [0, 0.1) is 0 Å². The molecule has 0 saturated carbocycles. The fourth-order valence-electron chi connectivity index (χ4n) is 3.49. The van der Waals surface area contributed by atoms with Gasteiger partial charge in [0.1, 0.15) is 0 Å². The van der Waals surface area contributed by atoms with Gasteiger partial charge in [-0.2, -0.15) is 0 Å². The molecule has 2 heterocycles. The summed E-state index contributed by atoms with van der Waals surface area (Å²) in [6, 6.07) is 15.4. The number of carbonyl (C=O) groups is 2. The van der Waals surface area contributed by atoms with E-state index in [1.165, 1.54) is 16.5 Å². The average Bonchev–Trinajstić information content (AvgIpc) is 3.16. The van der Waals surface area contributed by atoms with Crippen LogP contribution in [-0.4, -0.2) is 41.3 Å².